The zero-order valence-corrected chi connectivity index (χ0v) is 20.5. The van der Waals surface area contributed by atoms with Gasteiger partial charge in [-0.1, -0.05) is 42.1 Å². The number of thioether (sulfide) groups is 2. The fourth-order valence-electron chi connectivity index (χ4n) is 3.69. The lowest BCUT2D eigenvalue weighted by atomic mass is 10.2. The second-order valence-corrected chi connectivity index (χ2v) is 9.94. The van der Waals surface area contributed by atoms with Crippen molar-refractivity contribution in [1.82, 2.24) is 0 Å². The summed E-state index contributed by atoms with van der Waals surface area (Å²) in [4.78, 5) is 28.2. The van der Waals surface area contributed by atoms with Gasteiger partial charge < -0.3 is 14.4 Å². The minimum Gasteiger partial charge on any atom is -0.462 e. The maximum atomic E-state index is 12.9. The Balaban J connectivity index is 1.89. The second kappa shape index (κ2) is 9.52. The number of aryl methyl sites for hydroxylation is 1. The molecule has 172 valence electrons. The van der Waals surface area contributed by atoms with Gasteiger partial charge in [-0.2, -0.15) is 5.10 Å². The molecular weight excluding hydrogens is 458 g/mol. The first-order valence-corrected chi connectivity index (χ1v) is 12.3. The predicted octanol–water partition coefficient (Wildman–Crippen LogP) is 5.08. The number of allylic oxidation sites excluding steroid dienone is 1. The molecule has 2 aromatic rings. The number of anilines is 2. The molecule has 0 amide bonds. The third kappa shape index (κ3) is 4.22. The lowest BCUT2D eigenvalue weighted by Gasteiger charge is -2.41. The van der Waals surface area contributed by atoms with E-state index in [0.29, 0.717) is 4.91 Å². The predicted molar refractivity (Wildman–Crippen MR) is 134 cm³/mol. The number of nitrogens with zero attached hydrogens (tertiary/aromatic N) is 3. The Morgan fingerprint density at radius 3 is 2.24 bits per heavy atom. The van der Waals surface area contributed by atoms with Gasteiger partial charge >= 0.3 is 11.9 Å². The highest BCUT2D eigenvalue weighted by Gasteiger charge is 2.58. The lowest BCUT2D eigenvalue weighted by molar-refractivity contribution is -0.137. The molecule has 33 heavy (non-hydrogen) atoms. The summed E-state index contributed by atoms with van der Waals surface area (Å²) in [7, 11) is 0. The summed E-state index contributed by atoms with van der Waals surface area (Å²) in [6.07, 6.45) is 0. The van der Waals surface area contributed by atoms with E-state index < -0.39 is 16.3 Å². The van der Waals surface area contributed by atoms with Crippen LogP contribution in [0.3, 0.4) is 0 Å². The summed E-state index contributed by atoms with van der Waals surface area (Å²) in [5.41, 5.74) is 3.45. The first-order chi connectivity index (χ1) is 15.9. The molecule has 2 heterocycles. The Bertz CT molecular complexity index is 1140. The van der Waals surface area contributed by atoms with Crippen molar-refractivity contribution in [2.45, 2.75) is 32.0 Å². The molecule has 4 rings (SSSR count). The van der Waals surface area contributed by atoms with Crippen LogP contribution in [0.4, 0.5) is 11.4 Å². The second-order valence-electron chi connectivity index (χ2n) is 7.33. The van der Waals surface area contributed by atoms with Gasteiger partial charge in [0, 0.05) is 11.4 Å². The van der Waals surface area contributed by atoms with Gasteiger partial charge in [0.05, 0.1) is 18.9 Å². The monoisotopic (exact) mass is 483 g/mol. The molecule has 2 aliphatic heterocycles. The van der Waals surface area contributed by atoms with E-state index in [1.54, 1.807) is 18.9 Å². The third-order valence-corrected chi connectivity index (χ3v) is 7.89. The summed E-state index contributed by atoms with van der Waals surface area (Å²) < 4.78 is 9.64. The molecular formula is C24H25N3O4S2. The highest BCUT2D eigenvalue weighted by atomic mass is 32.2. The Morgan fingerprint density at radius 1 is 0.909 bits per heavy atom. The van der Waals surface area contributed by atoms with Crippen molar-refractivity contribution in [3.8, 4) is 0 Å². The molecule has 0 fully saturated rings. The lowest BCUT2D eigenvalue weighted by Crippen LogP contribution is -2.49. The largest absolute Gasteiger partial charge is 0.462 e. The number of benzene rings is 2. The van der Waals surface area contributed by atoms with Crippen LogP contribution in [-0.2, 0) is 19.1 Å². The van der Waals surface area contributed by atoms with E-state index >= 15 is 0 Å². The zero-order valence-electron chi connectivity index (χ0n) is 18.9. The van der Waals surface area contributed by atoms with Crippen LogP contribution in [0.15, 0.2) is 70.3 Å². The average molecular weight is 484 g/mol. The summed E-state index contributed by atoms with van der Waals surface area (Å²) in [5.74, 6) is -0.889. The Kier molecular flexibility index (Phi) is 6.71. The molecule has 1 unspecified atom stereocenters. The third-order valence-electron chi connectivity index (χ3n) is 5.04. The summed E-state index contributed by atoms with van der Waals surface area (Å²) >= 11 is 2.59. The van der Waals surface area contributed by atoms with Crippen LogP contribution in [0, 0.1) is 6.92 Å². The van der Waals surface area contributed by atoms with Crippen LogP contribution in [0.2, 0.25) is 0 Å². The smallest absolute Gasteiger partial charge is 0.365 e. The van der Waals surface area contributed by atoms with Crippen molar-refractivity contribution in [2.24, 2.45) is 5.10 Å². The molecule has 0 radical (unpaired) electrons. The van der Waals surface area contributed by atoms with E-state index in [4.69, 9.17) is 14.6 Å². The van der Waals surface area contributed by atoms with Crippen molar-refractivity contribution in [2.75, 3.05) is 23.1 Å². The van der Waals surface area contributed by atoms with Crippen LogP contribution in [-0.4, -0.2) is 34.5 Å². The van der Waals surface area contributed by atoms with Crippen molar-refractivity contribution < 1.29 is 19.1 Å². The molecule has 2 aliphatic rings. The van der Waals surface area contributed by atoms with Crippen molar-refractivity contribution >= 4 is 51.9 Å². The molecule has 0 aliphatic carbocycles. The van der Waals surface area contributed by atoms with Gasteiger partial charge in [-0.15, -0.1) is 0 Å². The van der Waals surface area contributed by atoms with Gasteiger partial charge in [-0.25, -0.2) is 14.6 Å². The van der Waals surface area contributed by atoms with E-state index in [1.807, 2.05) is 73.3 Å². The van der Waals surface area contributed by atoms with E-state index in [0.717, 1.165) is 22.6 Å². The van der Waals surface area contributed by atoms with Gasteiger partial charge in [-0.05, 0) is 69.3 Å². The van der Waals surface area contributed by atoms with Crippen LogP contribution in [0.5, 0.6) is 0 Å². The Morgan fingerprint density at radius 2 is 1.58 bits per heavy atom. The quantitative estimate of drug-likeness (QED) is 0.527. The topological polar surface area (TPSA) is 71.4 Å². The van der Waals surface area contributed by atoms with Crippen LogP contribution >= 0.6 is 23.5 Å². The summed E-state index contributed by atoms with van der Waals surface area (Å²) in [6.45, 7) is 7.95. The first-order valence-electron chi connectivity index (χ1n) is 10.6. The molecule has 0 bridgehead atoms. The van der Waals surface area contributed by atoms with Crippen LogP contribution < -0.4 is 9.91 Å². The number of carbonyl (C=O) groups excluding carboxylic acids is 2. The normalized spacial score (nSPS) is 19.8. The maximum absolute atomic E-state index is 12.9. The SMILES string of the molecule is CCOC(=O)C1=NN(c2cccc(C)c2)C2(S1)SC(C(=O)OCC)=C(C)N2c1ccccc1. The van der Waals surface area contributed by atoms with Gasteiger partial charge in [0.15, 0.2) is 0 Å². The molecule has 1 atom stereocenters. The summed E-state index contributed by atoms with van der Waals surface area (Å²) in [5, 5.41) is 6.72. The highest BCUT2D eigenvalue weighted by molar-refractivity contribution is 8.29. The van der Waals surface area contributed by atoms with E-state index in [-0.39, 0.29) is 18.3 Å². The standard InChI is InChI=1S/C24H25N3O4S2/c1-5-30-22(28)20-17(4)26(18-12-8-7-9-13-18)24(32-20)27(19-14-10-11-16(3)15-19)25-21(33-24)23(29)31-6-2/h7-15H,5-6H2,1-4H3. The van der Waals surface area contributed by atoms with E-state index in [1.165, 1.54) is 23.5 Å². The molecule has 1 spiro atoms. The molecule has 0 aromatic heterocycles. The number of esters is 2. The zero-order chi connectivity index (χ0) is 23.6. The maximum Gasteiger partial charge on any atom is 0.365 e. The number of para-hydroxylation sites is 1. The van der Waals surface area contributed by atoms with Gasteiger partial charge in [0.1, 0.15) is 4.91 Å². The fraction of sp³-hybridized carbons (Fsp3) is 0.292. The minimum absolute atomic E-state index is 0.227. The van der Waals surface area contributed by atoms with Gasteiger partial charge in [0.2, 0.25) is 9.37 Å². The van der Waals surface area contributed by atoms with Crippen molar-refractivity contribution in [1.29, 1.82) is 0 Å². The number of hydrazone groups is 1. The fourth-order valence-corrected chi connectivity index (χ4v) is 6.64. The number of rotatable bonds is 6. The van der Waals surface area contributed by atoms with Crippen molar-refractivity contribution in [3.05, 3.63) is 70.8 Å². The number of ether oxygens (including phenoxy) is 2. The summed E-state index contributed by atoms with van der Waals surface area (Å²) in [6, 6.07) is 17.6. The van der Waals surface area contributed by atoms with Crippen molar-refractivity contribution in [3.63, 3.8) is 0 Å². The van der Waals surface area contributed by atoms with Gasteiger partial charge in [-0.3, -0.25) is 0 Å². The van der Waals surface area contributed by atoms with Gasteiger partial charge in [0.25, 0.3) is 0 Å². The molecule has 0 N–H and O–H groups in total. The molecule has 9 heteroatoms. The number of carbonyl (C=O) groups is 2. The molecule has 0 saturated heterocycles. The highest BCUT2D eigenvalue weighted by Crippen LogP contribution is 2.60. The number of hydrogen-bond acceptors (Lipinski definition) is 9. The Hall–Kier alpha value is -2.91. The minimum atomic E-state index is -0.983. The first kappa shape index (κ1) is 23.3. The van der Waals surface area contributed by atoms with Crippen LogP contribution in [0.25, 0.3) is 0 Å². The van der Waals surface area contributed by atoms with E-state index in [9.17, 15) is 9.59 Å². The average Bonchev–Trinajstić information content (AvgIpc) is 3.32. The molecule has 7 nitrogen and oxygen atoms in total. The van der Waals surface area contributed by atoms with Crippen LogP contribution in [0.1, 0.15) is 26.3 Å². The Labute approximate surface area is 201 Å². The molecule has 0 saturated carbocycles. The molecule has 2 aromatic carbocycles. The number of hydrogen-bond donors (Lipinski definition) is 0. The van der Waals surface area contributed by atoms with E-state index in [2.05, 4.69) is 0 Å².